The lowest BCUT2D eigenvalue weighted by Gasteiger charge is -2.30. The summed E-state index contributed by atoms with van der Waals surface area (Å²) >= 11 is 1.00. The number of phosphoric acid groups is 3. The second-order valence-corrected chi connectivity index (χ2v) is 22.6. The Morgan fingerprint density at radius 1 is 0.882 bits per heavy atom. The lowest BCUT2D eigenvalue weighted by molar-refractivity contribution is -0.137. The number of nitrogens with one attached hydrogen (secondary N) is 2. The number of carbonyl (C=O) groups excluding carboxylic acids is 3. The van der Waals surface area contributed by atoms with Crippen LogP contribution in [0, 0.1) is 5.41 Å². The van der Waals surface area contributed by atoms with Crippen LogP contribution < -0.4 is 16.4 Å². The summed E-state index contributed by atoms with van der Waals surface area (Å²) in [6, 6.07) is 0. The predicted octanol–water partition coefficient (Wildman–Crippen LogP) is 3.90. The van der Waals surface area contributed by atoms with Gasteiger partial charge < -0.3 is 56.0 Å². The first kappa shape index (κ1) is 59.8. The highest BCUT2D eigenvalue weighted by atomic mass is 32.2. The monoisotopic (exact) mass is 1050 g/mol. The molecular formula is C39H70N7O18P3S. The van der Waals surface area contributed by atoms with Gasteiger partial charge in [-0.05, 0) is 6.42 Å². The molecule has 1 aliphatic rings. The number of phosphoric ester groups is 3. The first-order valence-corrected chi connectivity index (χ1v) is 28.2. The van der Waals surface area contributed by atoms with Crippen LogP contribution in [-0.4, -0.2) is 134 Å². The molecule has 2 aromatic heterocycles. The van der Waals surface area contributed by atoms with Crippen LogP contribution in [-0.2, 0) is 50.7 Å². The molecule has 0 spiro atoms. The second-order valence-electron chi connectivity index (χ2n) is 17.2. The van der Waals surface area contributed by atoms with E-state index in [1.54, 1.807) is 0 Å². The van der Waals surface area contributed by atoms with Gasteiger partial charge in [-0.15, -0.1) is 0 Å². The number of hydrogen-bond donors (Lipinski definition) is 10. The zero-order valence-corrected chi connectivity index (χ0v) is 42.2. The van der Waals surface area contributed by atoms with Crippen molar-refractivity contribution < 1.29 is 85.6 Å². The number of amides is 2. The third-order valence-corrected chi connectivity index (χ3v) is 14.8. The third kappa shape index (κ3) is 21.9. The summed E-state index contributed by atoms with van der Waals surface area (Å²) in [6.45, 7) is 2.63. The number of aliphatic hydroxyl groups is 3. The van der Waals surface area contributed by atoms with Gasteiger partial charge in [0.25, 0.3) is 0 Å². The number of anilines is 1. The molecule has 1 fully saturated rings. The first-order valence-electron chi connectivity index (χ1n) is 22.7. The van der Waals surface area contributed by atoms with Crippen molar-refractivity contribution in [3.8, 4) is 0 Å². The number of aromatic nitrogens is 4. The molecule has 1 saturated heterocycles. The Kier molecular flexibility index (Phi) is 25.6. The van der Waals surface area contributed by atoms with E-state index in [4.69, 9.17) is 19.5 Å². The largest absolute Gasteiger partial charge is 0.481 e. The van der Waals surface area contributed by atoms with Gasteiger partial charge in [0.1, 0.15) is 36.3 Å². The zero-order valence-electron chi connectivity index (χ0n) is 38.7. The Morgan fingerprint density at radius 2 is 1.49 bits per heavy atom. The molecule has 0 bridgehead atoms. The molecule has 0 aromatic carbocycles. The van der Waals surface area contributed by atoms with Crippen LogP contribution in [0.15, 0.2) is 12.7 Å². The van der Waals surface area contributed by atoms with Crippen LogP contribution in [0.5, 0.6) is 0 Å². The molecule has 0 aliphatic carbocycles. The number of aliphatic hydroxyl groups excluding tert-OH is 3. The maximum Gasteiger partial charge on any atom is 0.481 e. The molecule has 68 heavy (non-hydrogen) atoms. The average Bonchev–Trinajstić information content (AvgIpc) is 3.82. The summed E-state index contributed by atoms with van der Waals surface area (Å²) in [7, 11) is -16.4. The Balaban J connectivity index is 1.31. The fraction of sp³-hybridized carbons (Fsp3) is 0.795. The van der Waals surface area contributed by atoms with Gasteiger partial charge >= 0.3 is 23.5 Å². The topological polar surface area (TPSA) is 384 Å². The fourth-order valence-corrected chi connectivity index (χ4v) is 10.6. The minimum absolute atomic E-state index is 0.0265. The summed E-state index contributed by atoms with van der Waals surface area (Å²) in [5, 5.41) is 36.6. The minimum atomic E-state index is -5.59. The molecule has 2 amide bonds. The van der Waals surface area contributed by atoms with Crippen molar-refractivity contribution in [2.75, 3.05) is 37.8 Å². The van der Waals surface area contributed by atoms with Crippen LogP contribution in [0.3, 0.4) is 0 Å². The molecule has 3 heterocycles. The molecule has 8 atom stereocenters. The first-order chi connectivity index (χ1) is 31.9. The number of fused-ring (bicyclic) bond motifs is 1. The van der Waals surface area contributed by atoms with E-state index in [0.717, 1.165) is 48.2 Å². The number of nitrogens with zero attached hydrogens (tertiary/aromatic N) is 4. The van der Waals surface area contributed by atoms with Crippen molar-refractivity contribution in [2.45, 2.75) is 160 Å². The van der Waals surface area contributed by atoms with E-state index in [1.165, 1.54) is 78.1 Å². The van der Waals surface area contributed by atoms with Crippen molar-refractivity contribution in [3.05, 3.63) is 12.7 Å². The number of carbonyl (C=O) groups is 3. The number of imidazole rings is 1. The smallest absolute Gasteiger partial charge is 0.393 e. The lowest BCUT2D eigenvalue weighted by Crippen LogP contribution is -2.46. The minimum Gasteiger partial charge on any atom is -0.393 e. The normalized spacial score (nSPS) is 20.4. The highest BCUT2D eigenvalue weighted by molar-refractivity contribution is 8.13. The van der Waals surface area contributed by atoms with Crippen molar-refractivity contribution >= 4 is 69.1 Å². The Labute approximate surface area is 399 Å². The summed E-state index contributed by atoms with van der Waals surface area (Å²) in [5.74, 6) is -1.21. The molecule has 29 heteroatoms. The molecule has 0 radical (unpaired) electrons. The Hall–Kier alpha value is -2.48. The van der Waals surface area contributed by atoms with Crippen LogP contribution in [0.1, 0.15) is 130 Å². The number of ether oxygens (including phenoxy) is 1. The quantitative estimate of drug-likeness (QED) is 0.0346. The number of hydrogen-bond acceptors (Lipinski definition) is 19. The van der Waals surface area contributed by atoms with E-state index < -0.39 is 90.7 Å². The van der Waals surface area contributed by atoms with Crippen molar-refractivity contribution in [3.63, 3.8) is 0 Å². The molecule has 0 saturated carbocycles. The maximum atomic E-state index is 12.7. The summed E-state index contributed by atoms with van der Waals surface area (Å²) in [6.07, 6.45) is 8.81. The number of unbranched alkanes of at least 4 members (excludes halogenated alkanes) is 12. The molecule has 4 unspecified atom stereocenters. The van der Waals surface area contributed by atoms with Gasteiger partial charge in [0, 0.05) is 37.1 Å². The zero-order chi connectivity index (χ0) is 50.5. The van der Waals surface area contributed by atoms with Crippen molar-refractivity contribution in [1.82, 2.24) is 30.2 Å². The Morgan fingerprint density at radius 3 is 2.10 bits per heavy atom. The lowest BCUT2D eigenvalue weighted by atomic mass is 9.87. The number of nitrogen functional groups attached to an aromatic ring is 1. The molecule has 25 nitrogen and oxygen atoms in total. The van der Waals surface area contributed by atoms with Gasteiger partial charge in [-0.2, -0.15) is 4.31 Å². The van der Waals surface area contributed by atoms with Gasteiger partial charge in [0.15, 0.2) is 22.8 Å². The van der Waals surface area contributed by atoms with Crippen LogP contribution in [0.4, 0.5) is 5.82 Å². The number of rotatable bonds is 35. The maximum absolute atomic E-state index is 12.7. The van der Waals surface area contributed by atoms with Crippen molar-refractivity contribution in [1.29, 1.82) is 0 Å². The number of thioether (sulfide) groups is 1. The molecular weight excluding hydrogens is 979 g/mol. The highest BCUT2D eigenvalue weighted by Crippen LogP contribution is 2.61. The standard InChI is InChI=1S/C39H70N7O18P3S/c1-4-5-6-7-8-9-10-11-12-13-14-15-16-17-27(47)22-30(49)68-21-20-41-29(48)18-19-42-37(52)34(51)39(2,3)24-61-67(58,59)64-66(56,57)60-23-28-33(63-65(53,54)55)32(50)38(62-28)46-26-45-31-35(40)43-25-44-36(31)46/h25-28,32-34,38,47,50-51H,4-24H2,1-3H3,(H,41,48)(H,42,52)(H,56,57)(H,58,59)(H2,40,43,44)(H2,53,54,55)/t27?,28-,32-,33-,34+,38?/m1/s1. The summed E-state index contributed by atoms with van der Waals surface area (Å²) < 4.78 is 62.4. The SMILES string of the molecule is CCCCCCCCCCCCCCCC(O)CC(=O)SCCNC(=O)CCNC(=O)[C@H](O)C(C)(C)COP(=O)(O)OP(=O)(O)OC[C@H]1OC(n2cnc3c(N)ncnc32)[C@H](O)[C@@H]1OP(=O)(O)O. The van der Waals surface area contributed by atoms with Crippen LogP contribution in [0.2, 0.25) is 0 Å². The Bertz CT molecular complexity index is 2030. The van der Waals surface area contributed by atoms with Crippen molar-refractivity contribution in [2.24, 2.45) is 5.41 Å². The van der Waals surface area contributed by atoms with Gasteiger partial charge in [-0.25, -0.2) is 28.6 Å². The molecule has 2 aromatic rings. The molecule has 390 valence electrons. The molecule has 11 N–H and O–H groups in total. The highest BCUT2D eigenvalue weighted by Gasteiger charge is 2.50. The van der Waals surface area contributed by atoms with E-state index in [-0.39, 0.29) is 53.8 Å². The van der Waals surface area contributed by atoms with Crippen LogP contribution in [0.25, 0.3) is 11.2 Å². The third-order valence-electron chi connectivity index (χ3n) is 10.8. The van der Waals surface area contributed by atoms with E-state index in [9.17, 15) is 63.0 Å². The van der Waals surface area contributed by atoms with Gasteiger partial charge in [-0.3, -0.25) is 32.5 Å². The molecule has 1 aliphatic heterocycles. The van der Waals surface area contributed by atoms with E-state index in [1.807, 2.05) is 0 Å². The van der Waals surface area contributed by atoms with Crippen LogP contribution >= 0.6 is 35.2 Å². The van der Waals surface area contributed by atoms with Gasteiger partial charge in [0.05, 0.1) is 25.6 Å². The van der Waals surface area contributed by atoms with Gasteiger partial charge in [-0.1, -0.05) is 116 Å². The average molecular weight is 1050 g/mol. The summed E-state index contributed by atoms with van der Waals surface area (Å²) in [4.78, 5) is 88.4. The number of nitrogens with two attached hydrogens (primary N) is 1. The second kappa shape index (κ2) is 29.1. The van der Waals surface area contributed by atoms with E-state index >= 15 is 0 Å². The van der Waals surface area contributed by atoms with Gasteiger partial charge in [0.2, 0.25) is 11.8 Å². The molecule has 3 rings (SSSR count). The van der Waals surface area contributed by atoms with E-state index in [0.29, 0.717) is 6.42 Å². The fourth-order valence-electron chi connectivity index (χ4n) is 7.05. The predicted molar refractivity (Wildman–Crippen MR) is 248 cm³/mol. The summed E-state index contributed by atoms with van der Waals surface area (Å²) in [5.41, 5.74) is 4.26. The van der Waals surface area contributed by atoms with E-state index in [2.05, 4.69) is 41.3 Å².